The third-order valence-electron chi connectivity index (χ3n) is 2.61. The molecule has 0 aliphatic heterocycles. The summed E-state index contributed by atoms with van der Waals surface area (Å²) < 4.78 is 42.9. The summed E-state index contributed by atoms with van der Waals surface area (Å²) in [6, 6.07) is 11.0. The zero-order valence-electron chi connectivity index (χ0n) is 11.6. The van der Waals surface area contributed by atoms with Crippen molar-refractivity contribution in [2.24, 2.45) is 0 Å². The standard InChI is InChI=1S/C15H10F3N3O2/c16-15(17,18)12-2-1-3-14(21-12)23-11-6-4-10(5-7-11)20-13(22)8-9-19/h1-7H,8H2,(H,20,22). The number of amides is 1. The van der Waals surface area contributed by atoms with Crippen LogP contribution in [0.1, 0.15) is 12.1 Å². The van der Waals surface area contributed by atoms with Gasteiger partial charge in [0.25, 0.3) is 0 Å². The average molecular weight is 321 g/mol. The molecule has 1 N–H and O–H groups in total. The molecule has 0 radical (unpaired) electrons. The second-order valence-corrected chi connectivity index (χ2v) is 4.37. The molecule has 0 spiro atoms. The Morgan fingerprint density at radius 3 is 2.52 bits per heavy atom. The highest BCUT2D eigenvalue weighted by molar-refractivity contribution is 5.92. The van der Waals surface area contributed by atoms with Gasteiger partial charge >= 0.3 is 6.18 Å². The van der Waals surface area contributed by atoms with Gasteiger partial charge < -0.3 is 10.1 Å². The van der Waals surface area contributed by atoms with Gasteiger partial charge in [0, 0.05) is 11.8 Å². The van der Waals surface area contributed by atoms with E-state index in [2.05, 4.69) is 10.3 Å². The number of anilines is 1. The fourth-order valence-corrected chi connectivity index (χ4v) is 1.63. The van der Waals surface area contributed by atoms with E-state index < -0.39 is 17.8 Å². The van der Waals surface area contributed by atoms with Crippen LogP contribution in [0.25, 0.3) is 0 Å². The first-order chi connectivity index (χ1) is 10.9. The Morgan fingerprint density at radius 1 is 1.22 bits per heavy atom. The summed E-state index contributed by atoms with van der Waals surface area (Å²) in [4.78, 5) is 14.6. The summed E-state index contributed by atoms with van der Waals surface area (Å²) in [5.74, 6) is -0.392. The smallest absolute Gasteiger partial charge is 0.433 e. The first kappa shape index (κ1) is 16.3. The maximum absolute atomic E-state index is 12.6. The van der Waals surface area contributed by atoms with Crippen molar-refractivity contribution in [1.29, 1.82) is 5.26 Å². The van der Waals surface area contributed by atoms with E-state index in [0.29, 0.717) is 5.69 Å². The molecule has 118 valence electrons. The Balaban J connectivity index is 2.07. The lowest BCUT2D eigenvalue weighted by atomic mass is 10.3. The zero-order chi connectivity index (χ0) is 16.9. The molecule has 0 saturated heterocycles. The van der Waals surface area contributed by atoms with Crippen molar-refractivity contribution in [3.05, 3.63) is 48.2 Å². The van der Waals surface area contributed by atoms with Crippen LogP contribution in [0.5, 0.6) is 11.6 Å². The van der Waals surface area contributed by atoms with Crippen LogP contribution in [0.15, 0.2) is 42.5 Å². The molecule has 1 aromatic heterocycles. The Bertz CT molecular complexity index is 737. The monoisotopic (exact) mass is 321 g/mol. The molecule has 0 saturated carbocycles. The van der Waals surface area contributed by atoms with Crippen LogP contribution < -0.4 is 10.1 Å². The van der Waals surface area contributed by atoms with Gasteiger partial charge in [0.15, 0.2) is 0 Å². The highest BCUT2D eigenvalue weighted by Gasteiger charge is 2.32. The Kier molecular flexibility index (Phi) is 4.81. The molecule has 2 aromatic rings. The van der Waals surface area contributed by atoms with E-state index in [9.17, 15) is 18.0 Å². The number of alkyl halides is 3. The van der Waals surface area contributed by atoms with Gasteiger partial charge in [0.2, 0.25) is 11.8 Å². The minimum Gasteiger partial charge on any atom is -0.439 e. The lowest BCUT2D eigenvalue weighted by Gasteiger charge is -2.09. The Hall–Kier alpha value is -3.08. The first-order valence-electron chi connectivity index (χ1n) is 6.37. The first-order valence-corrected chi connectivity index (χ1v) is 6.37. The van der Waals surface area contributed by atoms with Crippen molar-refractivity contribution in [1.82, 2.24) is 4.98 Å². The Labute approximate surface area is 129 Å². The highest BCUT2D eigenvalue weighted by Crippen LogP contribution is 2.30. The predicted molar refractivity (Wildman–Crippen MR) is 74.6 cm³/mol. The van der Waals surface area contributed by atoms with E-state index in [0.717, 1.165) is 6.07 Å². The number of ether oxygens (including phenoxy) is 1. The van der Waals surface area contributed by atoms with Crippen LogP contribution in [0.4, 0.5) is 18.9 Å². The maximum atomic E-state index is 12.6. The molecule has 1 aromatic carbocycles. The van der Waals surface area contributed by atoms with Gasteiger partial charge in [-0.3, -0.25) is 4.79 Å². The van der Waals surface area contributed by atoms with Crippen molar-refractivity contribution < 1.29 is 22.7 Å². The molecule has 0 fully saturated rings. The van der Waals surface area contributed by atoms with E-state index in [1.165, 1.54) is 36.4 Å². The topological polar surface area (TPSA) is 75.0 Å². The molecule has 0 atom stereocenters. The molecular formula is C15H10F3N3O2. The summed E-state index contributed by atoms with van der Waals surface area (Å²) in [7, 11) is 0. The molecule has 5 nitrogen and oxygen atoms in total. The van der Waals surface area contributed by atoms with Gasteiger partial charge in [-0.05, 0) is 30.3 Å². The molecule has 1 amide bonds. The summed E-state index contributed by atoms with van der Waals surface area (Å²) in [6.45, 7) is 0. The SMILES string of the molecule is N#CCC(=O)Nc1ccc(Oc2cccc(C(F)(F)F)n2)cc1. The number of nitrogens with one attached hydrogen (secondary N) is 1. The van der Waals surface area contributed by atoms with Crippen molar-refractivity contribution in [2.45, 2.75) is 12.6 Å². The second kappa shape index (κ2) is 6.79. The molecule has 8 heteroatoms. The van der Waals surface area contributed by atoms with E-state index in [-0.39, 0.29) is 18.1 Å². The van der Waals surface area contributed by atoms with Gasteiger partial charge in [0.1, 0.15) is 17.9 Å². The third kappa shape index (κ3) is 4.71. The summed E-state index contributed by atoms with van der Waals surface area (Å²) >= 11 is 0. The molecule has 0 aliphatic carbocycles. The van der Waals surface area contributed by atoms with E-state index >= 15 is 0 Å². The van der Waals surface area contributed by atoms with Crippen LogP contribution in [-0.4, -0.2) is 10.9 Å². The van der Waals surface area contributed by atoms with E-state index in [4.69, 9.17) is 10.00 Å². The van der Waals surface area contributed by atoms with Crippen LogP contribution in [0.2, 0.25) is 0 Å². The van der Waals surface area contributed by atoms with Crippen LogP contribution >= 0.6 is 0 Å². The van der Waals surface area contributed by atoms with Crippen LogP contribution in [-0.2, 0) is 11.0 Å². The predicted octanol–water partition coefficient (Wildman–Crippen LogP) is 3.74. The van der Waals surface area contributed by atoms with Crippen molar-refractivity contribution in [3.63, 3.8) is 0 Å². The number of carbonyl (C=O) groups is 1. The van der Waals surface area contributed by atoms with Gasteiger partial charge in [-0.25, -0.2) is 4.98 Å². The molecule has 0 unspecified atom stereocenters. The average Bonchev–Trinajstić information content (AvgIpc) is 2.49. The molecule has 23 heavy (non-hydrogen) atoms. The van der Waals surface area contributed by atoms with Gasteiger partial charge in [-0.2, -0.15) is 18.4 Å². The largest absolute Gasteiger partial charge is 0.439 e. The second-order valence-electron chi connectivity index (χ2n) is 4.37. The summed E-state index contributed by atoms with van der Waals surface area (Å²) in [6.07, 6.45) is -4.82. The van der Waals surface area contributed by atoms with Gasteiger partial charge in [-0.15, -0.1) is 0 Å². The number of hydrogen-bond acceptors (Lipinski definition) is 4. The minimum absolute atomic E-state index is 0.193. The molecule has 0 bridgehead atoms. The number of nitriles is 1. The zero-order valence-corrected chi connectivity index (χ0v) is 11.6. The van der Waals surface area contributed by atoms with E-state index in [1.807, 2.05) is 0 Å². The molecule has 1 heterocycles. The molecule has 2 rings (SSSR count). The third-order valence-corrected chi connectivity index (χ3v) is 2.61. The summed E-state index contributed by atoms with van der Waals surface area (Å²) in [5, 5.41) is 10.9. The fourth-order valence-electron chi connectivity index (χ4n) is 1.63. The molecular weight excluding hydrogens is 311 g/mol. The van der Waals surface area contributed by atoms with Crippen molar-refractivity contribution in [2.75, 3.05) is 5.32 Å². The van der Waals surface area contributed by atoms with Gasteiger partial charge in [0.05, 0.1) is 6.07 Å². The lowest BCUT2D eigenvalue weighted by molar-refractivity contribution is -0.141. The van der Waals surface area contributed by atoms with Crippen molar-refractivity contribution >= 4 is 11.6 Å². The Morgan fingerprint density at radius 2 is 1.91 bits per heavy atom. The number of benzene rings is 1. The minimum atomic E-state index is -4.55. The van der Waals surface area contributed by atoms with Crippen molar-refractivity contribution in [3.8, 4) is 17.7 Å². The number of carbonyl (C=O) groups excluding carboxylic acids is 1. The van der Waals surface area contributed by atoms with Gasteiger partial charge in [-0.1, -0.05) is 6.07 Å². The van der Waals surface area contributed by atoms with E-state index in [1.54, 1.807) is 6.07 Å². The quantitative estimate of drug-likeness (QED) is 0.930. The fraction of sp³-hybridized carbons (Fsp3) is 0.133. The highest BCUT2D eigenvalue weighted by atomic mass is 19.4. The number of rotatable bonds is 4. The van der Waals surface area contributed by atoms with Crippen LogP contribution in [0, 0.1) is 11.3 Å². The number of nitrogens with zero attached hydrogens (tertiary/aromatic N) is 2. The number of halogens is 3. The number of hydrogen-bond donors (Lipinski definition) is 1. The molecule has 0 aliphatic rings. The number of pyridine rings is 1. The maximum Gasteiger partial charge on any atom is 0.433 e. The summed E-state index contributed by atoms with van der Waals surface area (Å²) in [5.41, 5.74) is -0.606. The normalized spacial score (nSPS) is 10.7. The van der Waals surface area contributed by atoms with Crippen LogP contribution in [0.3, 0.4) is 0 Å². The lowest BCUT2D eigenvalue weighted by Crippen LogP contribution is -2.09. The number of aromatic nitrogens is 1.